The summed E-state index contributed by atoms with van der Waals surface area (Å²) in [6, 6.07) is 4.94. The predicted molar refractivity (Wildman–Crippen MR) is 130 cm³/mol. The SMILES string of the molecule is CC[C@@]1(O)C(=O)OCc2c1cc1n(c2=O)Cc2c-1nc1cc(F)c(C)cc1c2CN1CCC[C@H]1CO. The third-order valence-electron chi connectivity index (χ3n) is 8.16. The maximum atomic E-state index is 14.6. The van der Waals surface area contributed by atoms with Gasteiger partial charge in [-0.1, -0.05) is 6.92 Å². The standard InChI is InChI=1S/C27H28FN3O5/c1-3-27(35)20-8-23-24-18(11-31(23)25(33)19(20)13-36-26(27)34)17(10-30-6-4-5-15(30)12-32)16-7-14(2)21(28)9-22(16)29-24/h7-9,15,32,35H,3-6,10-13H2,1-2H3/t15-,27-/m0/s1. The van der Waals surface area contributed by atoms with Crippen molar-refractivity contribution in [2.75, 3.05) is 13.2 Å². The summed E-state index contributed by atoms with van der Waals surface area (Å²) in [5.41, 5.74) is 2.16. The molecule has 36 heavy (non-hydrogen) atoms. The largest absolute Gasteiger partial charge is 0.458 e. The van der Waals surface area contributed by atoms with Crippen LogP contribution in [0.2, 0.25) is 0 Å². The molecule has 2 N–H and O–H groups in total. The normalized spacial score (nSPS) is 23.0. The van der Waals surface area contributed by atoms with E-state index >= 15 is 0 Å². The quantitative estimate of drug-likeness (QED) is 0.421. The molecule has 5 heterocycles. The molecule has 0 aliphatic carbocycles. The lowest BCUT2D eigenvalue weighted by atomic mass is 9.86. The minimum absolute atomic E-state index is 0.0481. The Labute approximate surface area is 206 Å². The summed E-state index contributed by atoms with van der Waals surface area (Å²) in [6.45, 7) is 4.92. The number of carbonyl (C=O) groups is 1. The van der Waals surface area contributed by atoms with Crippen LogP contribution in [0.3, 0.4) is 0 Å². The highest BCUT2D eigenvalue weighted by molar-refractivity contribution is 5.89. The van der Waals surface area contributed by atoms with Gasteiger partial charge in [0.05, 0.1) is 35.6 Å². The summed E-state index contributed by atoms with van der Waals surface area (Å²) in [5, 5.41) is 21.8. The van der Waals surface area contributed by atoms with Crippen molar-refractivity contribution in [2.24, 2.45) is 0 Å². The van der Waals surface area contributed by atoms with Crippen molar-refractivity contribution in [1.82, 2.24) is 14.5 Å². The van der Waals surface area contributed by atoms with Gasteiger partial charge >= 0.3 is 5.97 Å². The molecule has 6 rings (SSSR count). The fourth-order valence-electron chi connectivity index (χ4n) is 5.99. The molecule has 2 aromatic heterocycles. The summed E-state index contributed by atoms with van der Waals surface area (Å²) in [7, 11) is 0. The van der Waals surface area contributed by atoms with Crippen LogP contribution >= 0.6 is 0 Å². The number of aromatic nitrogens is 2. The molecule has 188 valence electrons. The number of fused-ring (bicyclic) bond motifs is 5. The highest BCUT2D eigenvalue weighted by Gasteiger charge is 2.45. The van der Waals surface area contributed by atoms with Crippen molar-refractivity contribution in [1.29, 1.82) is 0 Å². The number of likely N-dealkylation sites (tertiary alicyclic amines) is 1. The Morgan fingerprint density at radius 3 is 2.81 bits per heavy atom. The first-order chi connectivity index (χ1) is 17.3. The number of aryl methyl sites for hydroxylation is 1. The van der Waals surface area contributed by atoms with Crippen molar-refractivity contribution in [3.05, 3.63) is 62.2 Å². The van der Waals surface area contributed by atoms with E-state index in [0.717, 1.165) is 35.9 Å². The number of cyclic esters (lactones) is 1. The van der Waals surface area contributed by atoms with Gasteiger partial charge in [-0.25, -0.2) is 14.2 Å². The van der Waals surface area contributed by atoms with Crippen molar-refractivity contribution < 1.29 is 24.1 Å². The second kappa shape index (κ2) is 8.19. The molecular weight excluding hydrogens is 465 g/mol. The third kappa shape index (κ3) is 3.19. The fraction of sp³-hybridized carbons (Fsp3) is 0.444. The van der Waals surface area contributed by atoms with E-state index in [-0.39, 0.29) is 54.7 Å². The topological polar surface area (TPSA) is 105 Å². The Bertz CT molecular complexity index is 1500. The molecule has 0 radical (unpaired) electrons. The van der Waals surface area contributed by atoms with Gasteiger partial charge in [-0.3, -0.25) is 9.69 Å². The highest BCUT2D eigenvalue weighted by atomic mass is 19.1. The number of nitrogens with zero attached hydrogens (tertiary/aromatic N) is 3. The minimum Gasteiger partial charge on any atom is -0.458 e. The molecule has 1 fully saturated rings. The van der Waals surface area contributed by atoms with Crippen molar-refractivity contribution in [3.8, 4) is 11.4 Å². The zero-order valence-corrected chi connectivity index (χ0v) is 20.3. The molecule has 0 unspecified atom stereocenters. The number of pyridine rings is 2. The molecule has 0 saturated carbocycles. The van der Waals surface area contributed by atoms with Gasteiger partial charge in [0.2, 0.25) is 0 Å². The molecule has 8 nitrogen and oxygen atoms in total. The zero-order chi connectivity index (χ0) is 25.4. The molecule has 3 aromatic rings. The lowest BCUT2D eigenvalue weighted by Crippen LogP contribution is -2.44. The van der Waals surface area contributed by atoms with Gasteiger partial charge in [-0.05, 0) is 56.0 Å². The number of hydrogen-bond acceptors (Lipinski definition) is 7. The van der Waals surface area contributed by atoms with Crippen LogP contribution in [0.1, 0.15) is 54.0 Å². The van der Waals surface area contributed by atoms with Crippen LogP contribution < -0.4 is 5.56 Å². The van der Waals surface area contributed by atoms with Gasteiger partial charge in [-0.2, -0.15) is 0 Å². The predicted octanol–water partition coefficient (Wildman–Crippen LogP) is 2.48. The zero-order valence-electron chi connectivity index (χ0n) is 20.3. The number of halogens is 1. The Balaban J connectivity index is 1.60. The van der Waals surface area contributed by atoms with Crippen LogP contribution in [0, 0.1) is 12.7 Å². The average Bonchev–Trinajstić information content (AvgIpc) is 3.47. The highest BCUT2D eigenvalue weighted by Crippen LogP contribution is 2.41. The number of benzene rings is 1. The second-order valence-electron chi connectivity index (χ2n) is 10.1. The van der Waals surface area contributed by atoms with Crippen LogP contribution in [0.5, 0.6) is 0 Å². The summed E-state index contributed by atoms with van der Waals surface area (Å²) >= 11 is 0. The van der Waals surface area contributed by atoms with Crippen LogP contribution in [0.25, 0.3) is 22.3 Å². The Morgan fingerprint density at radius 1 is 1.25 bits per heavy atom. The number of carbonyl (C=O) groups excluding carboxylic acids is 1. The first-order valence-electron chi connectivity index (χ1n) is 12.4. The van der Waals surface area contributed by atoms with Gasteiger partial charge in [0, 0.05) is 35.2 Å². The summed E-state index contributed by atoms with van der Waals surface area (Å²) < 4.78 is 21.4. The maximum Gasteiger partial charge on any atom is 0.343 e. The number of ether oxygens (including phenoxy) is 1. The van der Waals surface area contributed by atoms with Crippen molar-refractivity contribution >= 4 is 16.9 Å². The van der Waals surface area contributed by atoms with E-state index in [1.165, 1.54) is 6.07 Å². The molecule has 2 atom stereocenters. The van der Waals surface area contributed by atoms with Crippen LogP contribution in [0.4, 0.5) is 4.39 Å². The molecule has 0 bridgehead atoms. The number of aliphatic hydroxyl groups is 2. The van der Waals surface area contributed by atoms with E-state index in [4.69, 9.17) is 9.72 Å². The monoisotopic (exact) mass is 493 g/mol. The number of rotatable bonds is 4. The number of aliphatic hydroxyl groups excluding tert-OH is 1. The van der Waals surface area contributed by atoms with Gasteiger partial charge in [0.1, 0.15) is 12.4 Å². The lowest BCUT2D eigenvalue weighted by molar-refractivity contribution is -0.172. The number of hydrogen-bond donors (Lipinski definition) is 2. The Kier molecular flexibility index (Phi) is 5.30. The summed E-state index contributed by atoms with van der Waals surface area (Å²) in [6.07, 6.45) is 1.96. The van der Waals surface area contributed by atoms with Crippen LogP contribution in [-0.2, 0) is 34.8 Å². The van der Waals surface area contributed by atoms with Gasteiger partial charge in [-0.15, -0.1) is 0 Å². The summed E-state index contributed by atoms with van der Waals surface area (Å²) in [5.74, 6) is -1.13. The second-order valence-corrected chi connectivity index (χ2v) is 10.1. The molecule has 3 aliphatic heterocycles. The summed E-state index contributed by atoms with van der Waals surface area (Å²) in [4.78, 5) is 33.0. The van der Waals surface area contributed by atoms with E-state index in [9.17, 15) is 24.2 Å². The molecule has 9 heteroatoms. The molecule has 0 amide bonds. The molecule has 0 spiro atoms. The van der Waals surface area contributed by atoms with Gasteiger partial charge < -0.3 is 19.5 Å². The maximum absolute atomic E-state index is 14.6. The third-order valence-corrected chi connectivity index (χ3v) is 8.16. The average molecular weight is 494 g/mol. The smallest absolute Gasteiger partial charge is 0.343 e. The van der Waals surface area contributed by atoms with Crippen molar-refractivity contribution in [2.45, 2.75) is 64.4 Å². The molecular formula is C27H28FN3O5. The molecule has 3 aliphatic rings. The fourth-order valence-corrected chi connectivity index (χ4v) is 5.99. The first kappa shape index (κ1) is 23.3. The van der Waals surface area contributed by atoms with E-state index in [1.807, 2.05) is 0 Å². The van der Waals surface area contributed by atoms with Gasteiger partial charge in [0.15, 0.2) is 5.60 Å². The van der Waals surface area contributed by atoms with Crippen molar-refractivity contribution in [3.63, 3.8) is 0 Å². The van der Waals surface area contributed by atoms with E-state index < -0.39 is 11.6 Å². The van der Waals surface area contributed by atoms with E-state index in [2.05, 4.69) is 4.90 Å². The van der Waals surface area contributed by atoms with E-state index in [1.54, 1.807) is 30.5 Å². The van der Waals surface area contributed by atoms with Crippen LogP contribution in [-0.4, -0.2) is 49.8 Å². The minimum atomic E-state index is -1.90. The van der Waals surface area contributed by atoms with Crippen LogP contribution in [0.15, 0.2) is 23.0 Å². The Hall–Kier alpha value is -3.14. The van der Waals surface area contributed by atoms with Gasteiger partial charge in [0.25, 0.3) is 5.56 Å². The molecule has 1 saturated heterocycles. The Morgan fingerprint density at radius 2 is 2.06 bits per heavy atom. The number of esters is 1. The van der Waals surface area contributed by atoms with E-state index in [0.29, 0.717) is 29.0 Å². The first-order valence-corrected chi connectivity index (χ1v) is 12.4. The lowest BCUT2D eigenvalue weighted by Gasteiger charge is -2.31. The molecule has 1 aromatic carbocycles.